The quantitative estimate of drug-likeness (QED) is 0.326. The Bertz CT molecular complexity index is 1290. The molecule has 0 N–H and O–H groups in total. The Morgan fingerprint density at radius 2 is 1.35 bits per heavy atom. The third-order valence-electron chi connectivity index (χ3n) is 6.13. The van der Waals surface area contributed by atoms with Gasteiger partial charge in [-0.05, 0) is 49.9 Å². The Hall–Kier alpha value is -3.37. The van der Waals surface area contributed by atoms with Crippen molar-refractivity contribution < 1.29 is 28.4 Å². The molecule has 0 saturated carbocycles. The second-order valence-electron chi connectivity index (χ2n) is 8.05. The van der Waals surface area contributed by atoms with Crippen LogP contribution in [0.15, 0.2) is 42.5 Å². The number of carbonyl (C=O) groups excluding carboxylic acids is 2. The lowest BCUT2D eigenvalue weighted by Gasteiger charge is -2.20. The van der Waals surface area contributed by atoms with Gasteiger partial charge in [0.15, 0.2) is 7.80 Å². The summed E-state index contributed by atoms with van der Waals surface area (Å²) >= 11 is 0. The molecule has 0 amide bonds. The summed E-state index contributed by atoms with van der Waals surface area (Å²) in [6, 6.07) is 12.0. The Morgan fingerprint density at radius 3 is 1.91 bits per heavy atom. The highest BCUT2D eigenvalue weighted by Crippen LogP contribution is 2.43. The van der Waals surface area contributed by atoms with Crippen LogP contribution in [0.4, 0.5) is 0 Å². The molecule has 0 aliphatic heterocycles. The van der Waals surface area contributed by atoms with E-state index in [1.54, 1.807) is 30.3 Å². The highest BCUT2D eigenvalue weighted by Gasteiger charge is 2.32. The second-order valence-corrected chi connectivity index (χ2v) is 9.67. The number of benzene rings is 3. The van der Waals surface area contributed by atoms with Crippen LogP contribution in [-0.2, 0) is 4.57 Å². The molecule has 3 aromatic rings. The maximum absolute atomic E-state index is 13.8. The molecule has 0 saturated heterocycles. The maximum Gasteiger partial charge on any atom is 0.223 e. The molecular formula is C27H29O6P. The van der Waals surface area contributed by atoms with E-state index >= 15 is 0 Å². The van der Waals surface area contributed by atoms with Gasteiger partial charge in [0.1, 0.15) is 28.1 Å². The van der Waals surface area contributed by atoms with E-state index in [-0.39, 0.29) is 33.9 Å². The van der Waals surface area contributed by atoms with E-state index in [0.717, 1.165) is 22.3 Å². The minimum absolute atomic E-state index is 0.0152. The topological polar surface area (TPSA) is 78.9 Å². The molecule has 0 aliphatic carbocycles. The SMILES string of the molecule is COc1cc(OC)c([PH](=O)C(=O)c2c(C)cc(C)c(C)c2C)c(OC)c1C(=O)c1ccccc1. The number of hydrogen-bond acceptors (Lipinski definition) is 6. The molecule has 0 spiro atoms. The highest BCUT2D eigenvalue weighted by molar-refractivity contribution is 7.72. The molecule has 3 rings (SSSR count). The average Bonchev–Trinajstić information content (AvgIpc) is 2.85. The van der Waals surface area contributed by atoms with Gasteiger partial charge in [0.2, 0.25) is 11.3 Å². The lowest BCUT2D eigenvalue weighted by Crippen LogP contribution is -2.18. The zero-order chi connectivity index (χ0) is 25.2. The van der Waals surface area contributed by atoms with Crippen LogP contribution in [0.25, 0.3) is 0 Å². The van der Waals surface area contributed by atoms with Crippen LogP contribution >= 0.6 is 7.80 Å². The van der Waals surface area contributed by atoms with Gasteiger partial charge in [0.05, 0.1) is 21.3 Å². The van der Waals surface area contributed by atoms with Crippen molar-refractivity contribution in [2.24, 2.45) is 0 Å². The lowest BCUT2D eigenvalue weighted by atomic mass is 9.95. The zero-order valence-electron chi connectivity index (χ0n) is 20.5. The lowest BCUT2D eigenvalue weighted by molar-refractivity contribution is 0.103. The molecule has 0 heterocycles. The Kier molecular flexibility index (Phi) is 7.63. The molecule has 7 heteroatoms. The predicted molar refractivity (Wildman–Crippen MR) is 134 cm³/mol. The number of ketones is 1. The molecule has 0 radical (unpaired) electrons. The van der Waals surface area contributed by atoms with E-state index in [4.69, 9.17) is 14.2 Å². The van der Waals surface area contributed by atoms with Crippen molar-refractivity contribution in [2.45, 2.75) is 27.7 Å². The van der Waals surface area contributed by atoms with Gasteiger partial charge in [0, 0.05) is 17.2 Å². The first kappa shape index (κ1) is 25.3. The average molecular weight is 480 g/mol. The number of ether oxygens (including phenoxy) is 3. The van der Waals surface area contributed by atoms with Crippen LogP contribution in [0.5, 0.6) is 17.2 Å². The largest absolute Gasteiger partial charge is 0.496 e. The fraction of sp³-hybridized carbons (Fsp3) is 0.259. The van der Waals surface area contributed by atoms with Gasteiger partial charge in [-0.25, -0.2) is 0 Å². The summed E-state index contributed by atoms with van der Waals surface area (Å²) in [4.78, 5) is 27.0. The van der Waals surface area contributed by atoms with Gasteiger partial charge >= 0.3 is 0 Å². The van der Waals surface area contributed by atoms with Crippen LogP contribution in [0.2, 0.25) is 0 Å². The summed E-state index contributed by atoms with van der Waals surface area (Å²) in [5, 5.41) is 0.0668. The Morgan fingerprint density at radius 1 is 0.735 bits per heavy atom. The summed E-state index contributed by atoms with van der Waals surface area (Å²) in [5.74, 6) is 0.00205. The van der Waals surface area contributed by atoms with Crippen LogP contribution in [0, 0.1) is 27.7 Å². The fourth-order valence-electron chi connectivity index (χ4n) is 4.16. The molecule has 1 atom stereocenters. The normalized spacial score (nSPS) is 11.6. The highest BCUT2D eigenvalue weighted by atomic mass is 31.1. The molecule has 0 aliphatic rings. The number of hydrogen-bond donors (Lipinski definition) is 0. The van der Waals surface area contributed by atoms with Gasteiger partial charge in [-0.3, -0.25) is 9.59 Å². The third kappa shape index (κ3) is 4.38. The van der Waals surface area contributed by atoms with E-state index in [0.29, 0.717) is 11.1 Å². The number of rotatable bonds is 8. The van der Waals surface area contributed by atoms with Gasteiger partial charge in [-0.2, -0.15) is 0 Å². The molecule has 178 valence electrons. The summed E-state index contributed by atoms with van der Waals surface area (Å²) in [7, 11) is 1.03. The van der Waals surface area contributed by atoms with Gasteiger partial charge in [-0.1, -0.05) is 36.4 Å². The minimum Gasteiger partial charge on any atom is -0.496 e. The molecule has 0 aromatic heterocycles. The van der Waals surface area contributed by atoms with Crippen molar-refractivity contribution >= 4 is 24.4 Å². The first-order valence-corrected chi connectivity index (χ1v) is 12.2. The van der Waals surface area contributed by atoms with Crippen LogP contribution < -0.4 is 19.5 Å². The summed E-state index contributed by atoms with van der Waals surface area (Å²) < 4.78 is 30.4. The number of carbonyl (C=O) groups is 2. The Labute approximate surface area is 200 Å². The molecule has 34 heavy (non-hydrogen) atoms. The molecular weight excluding hydrogens is 451 g/mol. The van der Waals surface area contributed by atoms with Crippen LogP contribution in [0.3, 0.4) is 0 Å². The van der Waals surface area contributed by atoms with Gasteiger partial charge < -0.3 is 18.8 Å². The molecule has 0 fully saturated rings. The first-order chi connectivity index (χ1) is 16.2. The van der Waals surface area contributed by atoms with E-state index in [1.165, 1.54) is 27.4 Å². The summed E-state index contributed by atoms with van der Waals surface area (Å²) in [5.41, 5.74) is 3.96. The van der Waals surface area contributed by atoms with E-state index < -0.39 is 13.3 Å². The fourth-order valence-corrected chi connectivity index (χ4v) is 5.83. The van der Waals surface area contributed by atoms with E-state index in [1.807, 2.05) is 33.8 Å². The molecule has 6 nitrogen and oxygen atoms in total. The monoisotopic (exact) mass is 480 g/mol. The first-order valence-electron chi connectivity index (χ1n) is 10.8. The van der Waals surface area contributed by atoms with Gasteiger partial charge in [0.25, 0.3) is 0 Å². The van der Waals surface area contributed by atoms with E-state index in [2.05, 4.69) is 0 Å². The number of methoxy groups -OCH3 is 3. The third-order valence-corrected chi connectivity index (χ3v) is 7.72. The van der Waals surface area contributed by atoms with E-state index in [9.17, 15) is 14.2 Å². The zero-order valence-corrected chi connectivity index (χ0v) is 21.5. The molecule has 3 aromatic carbocycles. The Balaban J connectivity index is 2.28. The van der Waals surface area contributed by atoms with Gasteiger partial charge in [-0.15, -0.1) is 0 Å². The second kappa shape index (κ2) is 10.3. The standard InChI is InChI=1S/C27H29O6P/c1-15-13-16(2)22(18(4)17(15)3)27(29)34(30)26-21(32-6)14-20(31-5)23(25(26)33-7)24(28)19-11-9-8-10-12-19/h8-14,34H,1-7H3. The van der Waals surface area contributed by atoms with Crippen molar-refractivity contribution in [2.75, 3.05) is 21.3 Å². The summed E-state index contributed by atoms with van der Waals surface area (Å²) in [6.45, 7) is 7.59. The van der Waals surface area contributed by atoms with Crippen molar-refractivity contribution in [1.29, 1.82) is 0 Å². The molecule has 0 bridgehead atoms. The maximum atomic E-state index is 13.8. The van der Waals surface area contributed by atoms with Crippen LogP contribution in [0.1, 0.15) is 48.5 Å². The summed E-state index contributed by atoms with van der Waals surface area (Å²) in [6.07, 6.45) is 0. The minimum atomic E-state index is -3.16. The van der Waals surface area contributed by atoms with Crippen molar-refractivity contribution in [3.05, 3.63) is 81.4 Å². The van der Waals surface area contributed by atoms with Crippen molar-refractivity contribution in [3.8, 4) is 17.2 Å². The molecule has 1 unspecified atom stereocenters. The van der Waals surface area contributed by atoms with Crippen molar-refractivity contribution in [1.82, 2.24) is 0 Å². The smallest absolute Gasteiger partial charge is 0.223 e. The predicted octanol–water partition coefficient (Wildman–Crippen LogP) is 5.20. The number of aryl methyl sites for hydroxylation is 2. The van der Waals surface area contributed by atoms with Crippen LogP contribution in [-0.4, -0.2) is 32.6 Å². The van der Waals surface area contributed by atoms with Crippen molar-refractivity contribution in [3.63, 3.8) is 0 Å².